The molecule has 9 heteroatoms. The van der Waals surface area contributed by atoms with Crippen LogP contribution in [0.25, 0.3) is 0 Å². The highest BCUT2D eigenvalue weighted by molar-refractivity contribution is 7.89. The van der Waals surface area contributed by atoms with E-state index in [-0.39, 0.29) is 16.3 Å². The fourth-order valence-corrected chi connectivity index (χ4v) is 3.30. The van der Waals surface area contributed by atoms with Crippen LogP contribution in [-0.2, 0) is 14.8 Å². The van der Waals surface area contributed by atoms with Crippen molar-refractivity contribution in [1.29, 1.82) is 0 Å². The number of hydrogen-bond donors (Lipinski definition) is 2. The molecule has 2 N–H and O–H groups in total. The molecule has 0 radical (unpaired) electrons. The molecule has 0 heterocycles. The molecule has 1 amide bonds. The Hall–Kier alpha value is -1.80. The van der Waals surface area contributed by atoms with E-state index in [1.807, 2.05) is 0 Å². The van der Waals surface area contributed by atoms with Crippen molar-refractivity contribution < 1.29 is 18.3 Å². The number of amides is 1. The number of likely N-dealkylation sites (N-methyl/N-ethyl adjacent to an activating group) is 1. The molecule has 0 aromatic heterocycles. The summed E-state index contributed by atoms with van der Waals surface area (Å²) in [4.78, 5) is 12.0. The molecule has 0 spiro atoms. The van der Waals surface area contributed by atoms with Crippen LogP contribution in [0.2, 0.25) is 10.0 Å². The summed E-state index contributed by atoms with van der Waals surface area (Å²) in [5, 5.41) is 12.8. The second kappa shape index (κ2) is 7.40. The molecule has 0 atom stereocenters. The molecule has 0 saturated carbocycles. The fraction of sp³-hybridized carbons (Fsp3) is 0.133. The number of phenolic OH excluding ortho intramolecular Hbond substituents is 1. The molecule has 0 saturated heterocycles. The summed E-state index contributed by atoms with van der Waals surface area (Å²) in [6.07, 6.45) is 0. The summed E-state index contributed by atoms with van der Waals surface area (Å²) in [5.74, 6) is -0.788. The largest absolute Gasteiger partial charge is 0.506 e. The van der Waals surface area contributed by atoms with Crippen LogP contribution in [0.3, 0.4) is 0 Å². The molecule has 24 heavy (non-hydrogen) atoms. The van der Waals surface area contributed by atoms with Crippen LogP contribution in [-0.4, -0.2) is 37.3 Å². The number of phenols is 1. The quantitative estimate of drug-likeness (QED) is 0.770. The predicted molar refractivity (Wildman–Crippen MR) is 93.0 cm³/mol. The van der Waals surface area contributed by atoms with Gasteiger partial charge in [0.2, 0.25) is 15.9 Å². The van der Waals surface area contributed by atoms with E-state index in [1.54, 1.807) is 0 Å². The topological polar surface area (TPSA) is 86.7 Å². The first-order chi connectivity index (χ1) is 11.2. The molecular formula is C15H14Cl2N2O4S. The molecule has 0 aliphatic rings. The number of aromatic hydroxyl groups is 1. The Morgan fingerprint density at radius 3 is 2.33 bits per heavy atom. The van der Waals surface area contributed by atoms with Crippen LogP contribution in [0.15, 0.2) is 47.4 Å². The number of halogens is 2. The van der Waals surface area contributed by atoms with E-state index in [4.69, 9.17) is 23.2 Å². The lowest BCUT2D eigenvalue weighted by Crippen LogP contribution is -2.34. The monoisotopic (exact) mass is 388 g/mol. The zero-order valence-corrected chi connectivity index (χ0v) is 14.9. The Balaban J connectivity index is 2.10. The summed E-state index contributed by atoms with van der Waals surface area (Å²) < 4.78 is 25.7. The lowest BCUT2D eigenvalue weighted by molar-refractivity contribution is -0.116. The molecule has 0 unspecified atom stereocenters. The normalized spacial score (nSPS) is 11.5. The molecule has 2 rings (SSSR count). The van der Waals surface area contributed by atoms with Crippen LogP contribution in [0.1, 0.15) is 0 Å². The van der Waals surface area contributed by atoms with Crippen molar-refractivity contribution in [2.45, 2.75) is 4.90 Å². The summed E-state index contributed by atoms with van der Waals surface area (Å²) in [6.45, 7) is -0.434. The second-order valence-corrected chi connectivity index (χ2v) is 7.84. The molecule has 2 aromatic rings. The second-order valence-electron chi connectivity index (χ2n) is 4.92. The fourth-order valence-electron chi connectivity index (χ4n) is 1.87. The highest BCUT2D eigenvalue weighted by atomic mass is 35.5. The summed E-state index contributed by atoms with van der Waals surface area (Å²) in [6, 6.07) is 9.76. The van der Waals surface area contributed by atoms with Gasteiger partial charge < -0.3 is 10.4 Å². The van der Waals surface area contributed by atoms with E-state index in [1.165, 1.54) is 49.5 Å². The van der Waals surface area contributed by atoms with Gasteiger partial charge in [-0.2, -0.15) is 4.31 Å². The molecule has 0 aliphatic heterocycles. The van der Waals surface area contributed by atoms with Gasteiger partial charge in [-0.25, -0.2) is 8.42 Å². The van der Waals surface area contributed by atoms with Gasteiger partial charge in [-0.05, 0) is 42.5 Å². The number of nitrogens with one attached hydrogen (secondary N) is 1. The minimum absolute atomic E-state index is 0.0211. The smallest absolute Gasteiger partial charge is 0.243 e. The standard InChI is InChI=1S/C15H14Cl2N2O4S/c1-19(24(22,23)12-5-2-10(16)3-6-12)9-15(21)18-13-8-11(17)4-7-14(13)20/h2-8,20H,9H2,1H3,(H,18,21). The average molecular weight is 389 g/mol. The Morgan fingerprint density at radius 1 is 1.12 bits per heavy atom. The van der Waals surface area contributed by atoms with Gasteiger partial charge in [-0.3, -0.25) is 4.79 Å². The molecular weight excluding hydrogens is 375 g/mol. The van der Waals surface area contributed by atoms with Crippen molar-refractivity contribution in [2.24, 2.45) is 0 Å². The van der Waals surface area contributed by atoms with Gasteiger partial charge in [0.25, 0.3) is 0 Å². The number of rotatable bonds is 5. The van der Waals surface area contributed by atoms with Crippen LogP contribution in [0.4, 0.5) is 5.69 Å². The van der Waals surface area contributed by atoms with Crippen LogP contribution in [0, 0.1) is 0 Å². The van der Waals surface area contributed by atoms with Gasteiger partial charge in [0.1, 0.15) is 5.75 Å². The van der Waals surface area contributed by atoms with E-state index in [0.29, 0.717) is 10.0 Å². The van der Waals surface area contributed by atoms with E-state index < -0.39 is 22.5 Å². The Bertz CT molecular complexity index is 854. The van der Waals surface area contributed by atoms with Gasteiger partial charge >= 0.3 is 0 Å². The third-order valence-corrected chi connectivity index (χ3v) is 5.43. The SMILES string of the molecule is CN(CC(=O)Nc1cc(Cl)ccc1O)S(=O)(=O)c1ccc(Cl)cc1. The number of carbonyl (C=O) groups excluding carboxylic acids is 1. The molecule has 128 valence electrons. The Labute approximate surface area is 149 Å². The first-order valence-corrected chi connectivity index (χ1v) is 8.90. The molecule has 2 aromatic carbocycles. The highest BCUT2D eigenvalue weighted by Crippen LogP contribution is 2.26. The van der Waals surface area contributed by atoms with Crippen molar-refractivity contribution in [1.82, 2.24) is 4.31 Å². The molecule has 0 fully saturated rings. The third kappa shape index (κ3) is 4.39. The van der Waals surface area contributed by atoms with Crippen LogP contribution >= 0.6 is 23.2 Å². The van der Waals surface area contributed by atoms with Crippen molar-refractivity contribution in [3.8, 4) is 5.75 Å². The maximum absolute atomic E-state index is 12.4. The number of benzene rings is 2. The zero-order valence-electron chi connectivity index (χ0n) is 12.5. The highest BCUT2D eigenvalue weighted by Gasteiger charge is 2.23. The number of sulfonamides is 1. The minimum Gasteiger partial charge on any atom is -0.506 e. The van der Waals surface area contributed by atoms with Gasteiger partial charge in [0.15, 0.2) is 0 Å². The Morgan fingerprint density at radius 2 is 1.71 bits per heavy atom. The maximum Gasteiger partial charge on any atom is 0.243 e. The van der Waals surface area contributed by atoms with E-state index in [9.17, 15) is 18.3 Å². The molecule has 0 aliphatic carbocycles. The summed E-state index contributed by atoms with van der Waals surface area (Å²) >= 11 is 11.5. The van der Waals surface area contributed by atoms with E-state index in [0.717, 1.165) is 4.31 Å². The average Bonchev–Trinajstić information content (AvgIpc) is 2.51. The lowest BCUT2D eigenvalue weighted by atomic mass is 10.3. The predicted octanol–water partition coefficient (Wildman–Crippen LogP) is 2.96. The van der Waals surface area contributed by atoms with E-state index in [2.05, 4.69) is 5.32 Å². The Kier molecular flexibility index (Phi) is 5.71. The van der Waals surface area contributed by atoms with Crippen LogP contribution in [0.5, 0.6) is 5.75 Å². The van der Waals surface area contributed by atoms with Gasteiger partial charge in [-0.15, -0.1) is 0 Å². The third-order valence-electron chi connectivity index (χ3n) is 3.12. The number of carbonyl (C=O) groups is 1. The van der Waals surface area contributed by atoms with Gasteiger partial charge in [-0.1, -0.05) is 23.2 Å². The maximum atomic E-state index is 12.4. The van der Waals surface area contributed by atoms with Crippen molar-refractivity contribution >= 4 is 44.8 Å². The first-order valence-electron chi connectivity index (χ1n) is 6.70. The number of hydrogen-bond acceptors (Lipinski definition) is 4. The lowest BCUT2D eigenvalue weighted by Gasteiger charge is -2.17. The van der Waals surface area contributed by atoms with Crippen molar-refractivity contribution in [3.63, 3.8) is 0 Å². The summed E-state index contributed by atoms with van der Waals surface area (Å²) in [5.41, 5.74) is 0.102. The minimum atomic E-state index is -3.84. The first kappa shape index (κ1) is 18.5. The van der Waals surface area contributed by atoms with Gasteiger partial charge in [0, 0.05) is 17.1 Å². The molecule has 0 bridgehead atoms. The number of nitrogens with zero attached hydrogens (tertiary/aromatic N) is 1. The van der Waals surface area contributed by atoms with Crippen molar-refractivity contribution in [2.75, 3.05) is 18.9 Å². The van der Waals surface area contributed by atoms with Crippen LogP contribution < -0.4 is 5.32 Å². The zero-order chi connectivity index (χ0) is 17.9. The van der Waals surface area contributed by atoms with E-state index >= 15 is 0 Å². The summed E-state index contributed by atoms with van der Waals surface area (Å²) in [7, 11) is -2.56. The number of anilines is 1. The van der Waals surface area contributed by atoms with Gasteiger partial charge in [0.05, 0.1) is 17.1 Å². The molecule has 6 nitrogen and oxygen atoms in total. The van der Waals surface area contributed by atoms with Crippen molar-refractivity contribution in [3.05, 3.63) is 52.5 Å².